The number of rotatable bonds is 4. The lowest BCUT2D eigenvalue weighted by Crippen LogP contribution is -2.51. The van der Waals surface area contributed by atoms with E-state index in [0.717, 1.165) is 6.42 Å². The Bertz CT molecular complexity index is 566. The maximum absolute atomic E-state index is 11.8. The second-order valence-corrected chi connectivity index (χ2v) is 5.22. The van der Waals surface area contributed by atoms with Crippen LogP contribution in [0.3, 0.4) is 0 Å². The summed E-state index contributed by atoms with van der Waals surface area (Å²) >= 11 is 0. The van der Waals surface area contributed by atoms with Crippen molar-refractivity contribution in [2.75, 3.05) is 11.4 Å². The number of nitrogens with two attached hydrogens (primary N) is 1. The second-order valence-electron chi connectivity index (χ2n) is 5.22. The van der Waals surface area contributed by atoms with E-state index in [0.29, 0.717) is 36.5 Å². The van der Waals surface area contributed by atoms with Crippen LogP contribution in [0.25, 0.3) is 0 Å². The summed E-state index contributed by atoms with van der Waals surface area (Å²) in [4.78, 5) is 25.2. The van der Waals surface area contributed by atoms with Gasteiger partial charge in [0.1, 0.15) is 16.9 Å². The van der Waals surface area contributed by atoms with Gasteiger partial charge in [-0.3, -0.25) is 9.48 Å². The molecule has 1 fully saturated rings. The number of amides is 1. The molecule has 1 aliphatic heterocycles. The molecule has 1 aromatic heterocycles. The Labute approximate surface area is 117 Å². The maximum atomic E-state index is 11.8. The standard InChI is InChI=1S/C13H20N4O3/c1-4-13(12(19)20)6-5-7-17(13)11-9(10(14)18)8(2)15-16(11)3/h4-7H2,1-3H3,(H2,14,18)(H,19,20). The minimum absolute atomic E-state index is 0.313. The van der Waals surface area contributed by atoms with Crippen molar-refractivity contribution in [1.82, 2.24) is 9.78 Å². The van der Waals surface area contributed by atoms with Crippen molar-refractivity contribution in [3.05, 3.63) is 11.3 Å². The summed E-state index contributed by atoms with van der Waals surface area (Å²) < 4.78 is 1.55. The Morgan fingerprint density at radius 1 is 1.50 bits per heavy atom. The molecule has 0 spiro atoms. The number of aryl methyl sites for hydroxylation is 2. The predicted octanol–water partition coefficient (Wildman–Crippen LogP) is 0.661. The van der Waals surface area contributed by atoms with Gasteiger partial charge in [0.25, 0.3) is 5.91 Å². The van der Waals surface area contributed by atoms with E-state index in [1.54, 1.807) is 23.6 Å². The number of carbonyl (C=O) groups is 2. The molecule has 1 atom stereocenters. The maximum Gasteiger partial charge on any atom is 0.329 e. The minimum Gasteiger partial charge on any atom is -0.479 e. The van der Waals surface area contributed by atoms with E-state index >= 15 is 0 Å². The van der Waals surface area contributed by atoms with Crippen molar-refractivity contribution < 1.29 is 14.7 Å². The SMILES string of the molecule is CCC1(C(=O)O)CCCN1c1c(C(N)=O)c(C)nn1C. The van der Waals surface area contributed by atoms with Crippen LogP contribution in [-0.2, 0) is 11.8 Å². The molecule has 1 saturated heterocycles. The third kappa shape index (κ3) is 1.85. The van der Waals surface area contributed by atoms with Crippen LogP contribution in [0, 0.1) is 6.92 Å². The molecule has 2 rings (SSSR count). The molecule has 1 aromatic rings. The highest BCUT2D eigenvalue weighted by Gasteiger charge is 2.48. The first-order valence-corrected chi connectivity index (χ1v) is 6.69. The van der Waals surface area contributed by atoms with Crippen LogP contribution in [0.2, 0.25) is 0 Å². The number of hydrogen-bond donors (Lipinski definition) is 2. The molecule has 0 bridgehead atoms. The molecule has 20 heavy (non-hydrogen) atoms. The van der Waals surface area contributed by atoms with Crippen LogP contribution in [0.4, 0.5) is 5.82 Å². The van der Waals surface area contributed by atoms with E-state index < -0.39 is 17.4 Å². The quantitative estimate of drug-likeness (QED) is 0.843. The topological polar surface area (TPSA) is 101 Å². The Hall–Kier alpha value is -2.05. The highest BCUT2D eigenvalue weighted by Crippen LogP contribution is 2.38. The number of anilines is 1. The van der Waals surface area contributed by atoms with Gasteiger partial charge in [0.2, 0.25) is 0 Å². The summed E-state index contributed by atoms with van der Waals surface area (Å²) in [6.07, 6.45) is 1.79. The second kappa shape index (κ2) is 4.81. The fourth-order valence-electron chi connectivity index (χ4n) is 3.17. The lowest BCUT2D eigenvalue weighted by atomic mass is 9.92. The van der Waals surface area contributed by atoms with Crippen molar-refractivity contribution in [3.63, 3.8) is 0 Å². The largest absolute Gasteiger partial charge is 0.479 e. The van der Waals surface area contributed by atoms with Crippen molar-refractivity contribution in [2.45, 2.75) is 38.6 Å². The number of carboxylic acids is 1. The Balaban J connectivity index is 2.61. The van der Waals surface area contributed by atoms with E-state index in [1.807, 2.05) is 6.92 Å². The molecule has 7 nitrogen and oxygen atoms in total. The summed E-state index contributed by atoms with van der Waals surface area (Å²) in [5, 5.41) is 13.9. The number of aromatic nitrogens is 2. The summed E-state index contributed by atoms with van der Waals surface area (Å²) in [7, 11) is 1.70. The number of nitrogens with zero attached hydrogens (tertiary/aromatic N) is 3. The molecule has 1 unspecified atom stereocenters. The average Bonchev–Trinajstić information content (AvgIpc) is 2.89. The van der Waals surface area contributed by atoms with E-state index in [-0.39, 0.29) is 0 Å². The van der Waals surface area contributed by atoms with Gasteiger partial charge in [-0.25, -0.2) is 4.79 Å². The van der Waals surface area contributed by atoms with Crippen molar-refractivity contribution in [2.24, 2.45) is 12.8 Å². The summed E-state index contributed by atoms with van der Waals surface area (Å²) in [6.45, 7) is 4.13. The molecule has 7 heteroatoms. The lowest BCUT2D eigenvalue weighted by Gasteiger charge is -2.35. The molecule has 110 valence electrons. The molecule has 1 aliphatic rings. The van der Waals surface area contributed by atoms with Gasteiger partial charge in [0, 0.05) is 13.6 Å². The number of carbonyl (C=O) groups excluding carboxylic acids is 1. The molecule has 3 N–H and O–H groups in total. The third-order valence-electron chi connectivity index (χ3n) is 4.17. The smallest absolute Gasteiger partial charge is 0.329 e. The zero-order valence-corrected chi connectivity index (χ0v) is 12.0. The van der Waals surface area contributed by atoms with Gasteiger partial charge < -0.3 is 15.7 Å². The van der Waals surface area contributed by atoms with Gasteiger partial charge >= 0.3 is 5.97 Å². The first kappa shape index (κ1) is 14.4. The number of primary amides is 1. The fraction of sp³-hybridized carbons (Fsp3) is 0.615. The lowest BCUT2D eigenvalue weighted by molar-refractivity contribution is -0.143. The Morgan fingerprint density at radius 2 is 2.15 bits per heavy atom. The molecular weight excluding hydrogens is 260 g/mol. The highest BCUT2D eigenvalue weighted by atomic mass is 16.4. The third-order valence-corrected chi connectivity index (χ3v) is 4.17. The molecule has 0 aromatic carbocycles. The average molecular weight is 280 g/mol. The number of hydrogen-bond acceptors (Lipinski definition) is 4. The van der Waals surface area contributed by atoms with Gasteiger partial charge in [-0.1, -0.05) is 6.92 Å². The number of aliphatic carboxylic acids is 1. The van der Waals surface area contributed by atoms with E-state index in [1.165, 1.54) is 0 Å². The van der Waals surface area contributed by atoms with E-state index in [4.69, 9.17) is 5.73 Å². The van der Waals surface area contributed by atoms with Crippen molar-refractivity contribution >= 4 is 17.7 Å². The van der Waals surface area contributed by atoms with Crippen LogP contribution < -0.4 is 10.6 Å². The van der Waals surface area contributed by atoms with Crippen molar-refractivity contribution in [1.29, 1.82) is 0 Å². The zero-order valence-electron chi connectivity index (χ0n) is 12.0. The van der Waals surface area contributed by atoms with Crippen molar-refractivity contribution in [3.8, 4) is 0 Å². The van der Waals surface area contributed by atoms with E-state index in [9.17, 15) is 14.7 Å². The van der Waals surface area contributed by atoms with Crippen LogP contribution >= 0.6 is 0 Å². The first-order chi connectivity index (χ1) is 9.35. The van der Waals surface area contributed by atoms with E-state index in [2.05, 4.69) is 5.10 Å². The summed E-state index contributed by atoms with van der Waals surface area (Å²) in [5.41, 5.74) is 5.29. The molecule has 0 saturated carbocycles. The molecule has 1 amide bonds. The summed E-state index contributed by atoms with van der Waals surface area (Å²) in [5.74, 6) is -0.934. The molecule has 0 radical (unpaired) electrons. The van der Waals surface area contributed by atoms with Gasteiger partial charge in [-0.05, 0) is 26.2 Å². The predicted molar refractivity (Wildman–Crippen MR) is 73.7 cm³/mol. The van der Waals surface area contributed by atoms with Gasteiger partial charge in [0.05, 0.1) is 5.69 Å². The van der Waals surface area contributed by atoms with Gasteiger partial charge in [-0.2, -0.15) is 5.10 Å². The van der Waals surface area contributed by atoms with Gasteiger partial charge in [0.15, 0.2) is 0 Å². The first-order valence-electron chi connectivity index (χ1n) is 6.69. The monoisotopic (exact) mass is 280 g/mol. The normalized spacial score (nSPS) is 22.2. The molecule has 2 heterocycles. The van der Waals surface area contributed by atoms with Crippen LogP contribution in [0.5, 0.6) is 0 Å². The van der Waals surface area contributed by atoms with Crippen LogP contribution in [0.15, 0.2) is 0 Å². The fourth-order valence-corrected chi connectivity index (χ4v) is 3.17. The van der Waals surface area contributed by atoms with Crippen LogP contribution in [-0.4, -0.2) is 38.8 Å². The van der Waals surface area contributed by atoms with Crippen LogP contribution in [0.1, 0.15) is 42.2 Å². The zero-order chi connectivity index (χ0) is 15.1. The molecule has 0 aliphatic carbocycles. The Kier molecular flexibility index (Phi) is 3.45. The minimum atomic E-state index is -0.982. The molecular formula is C13H20N4O3. The van der Waals surface area contributed by atoms with Gasteiger partial charge in [-0.15, -0.1) is 0 Å². The highest BCUT2D eigenvalue weighted by molar-refractivity contribution is 6.00. The Morgan fingerprint density at radius 3 is 2.65 bits per heavy atom. The number of carboxylic acid groups (broad SMARTS) is 1. The summed E-state index contributed by atoms with van der Waals surface area (Å²) in [6, 6.07) is 0.